The molecule has 0 fully saturated rings. The fraction of sp³-hybridized carbons (Fsp3) is 0.125. The van der Waals surface area contributed by atoms with E-state index >= 15 is 0 Å². The van der Waals surface area contributed by atoms with Gasteiger partial charge in [-0.25, -0.2) is 9.18 Å². The van der Waals surface area contributed by atoms with Crippen LogP contribution >= 0.6 is 0 Å². The third-order valence-electron chi connectivity index (χ3n) is 2.62. The van der Waals surface area contributed by atoms with Gasteiger partial charge in [0.05, 0.1) is 17.9 Å². The number of halogens is 1. The first kappa shape index (κ1) is 13.9. The molecule has 0 amide bonds. The van der Waals surface area contributed by atoms with Crippen LogP contribution in [-0.2, 0) is 4.74 Å². The van der Waals surface area contributed by atoms with Crippen LogP contribution in [0.25, 0.3) is 12.2 Å². The molecule has 2 aromatic rings. The summed E-state index contributed by atoms with van der Waals surface area (Å²) < 4.78 is 18.0. The molecule has 0 radical (unpaired) electrons. The summed E-state index contributed by atoms with van der Waals surface area (Å²) in [4.78, 5) is 15.9. The maximum Gasteiger partial charge on any atom is 0.340 e. The van der Waals surface area contributed by atoms with Gasteiger partial charge in [-0.05, 0) is 42.8 Å². The van der Waals surface area contributed by atoms with Gasteiger partial charge >= 0.3 is 5.97 Å². The number of carbonyl (C=O) groups is 1. The van der Waals surface area contributed by atoms with Gasteiger partial charge in [-0.2, -0.15) is 0 Å². The summed E-state index contributed by atoms with van der Waals surface area (Å²) in [5, 5.41) is 0. The monoisotopic (exact) mass is 271 g/mol. The molecule has 0 aliphatic rings. The van der Waals surface area contributed by atoms with E-state index in [4.69, 9.17) is 4.74 Å². The molecule has 0 saturated carbocycles. The normalized spacial score (nSPS) is 10.7. The molecule has 20 heavy (non-hydrogen) atoms. The molecule has 0 saturated heterocycles. The molecule has 0 aliphatic carbocycles. The van der Waals surface area contributed by atoms with Gasteiger partial charge in [0.2, 0.25) is 0 Å². The Bertz CT molecular complexity index is 638. The van der Waals surface area contributed by atoms with E-state index < -0.39 is 5.97 Å². The molecular formula is C16H14FNO2. The molecule has 1 aromatic carbocycles. The number of nitrogens with zero attached hydrogens (tertiary/aromatic N) is 1. The summed E-state index contributed by atoms with van der Waals surface area (Å²) in [7, 11) is 0. The molecule has 4 heteroatoms. The maximum absolute atomic E-state index is 13.1. The summed E-state index contributed by atoms with van der Waals surface area (Å²) >= 11 is 0. The Labute approximate surface area is 116 Å². The Kier molecular flexibility index (Phi) is 4.60. The molecule has 1 aromatic heterocycles. The predicted octanol–water partition coefficient (Wildman–Crippen LogP) is 3.57. The summed E-state index contributed by atoms with van der Waals surface area (Å²) in [6.45, 7) is 2.05. The van der Waals surface area contributed by atoms with Crippen LogP contribution in [0.2, 0.25) is 0 Å². The van der Waals surface area contributed by atoms with Crippen molar-refractivity contribution in [1.82, 2.24) is 4.98 Å². The second-order valence-electron chi connectivity index (χ2n) is 4.05. The fourth-order valence-corrected chi connectivity index (χ4v) is 1.72. The molecule has 0 spiro atoms. The number of ether oxygens (including phenoxy) is 1. The second kappa shape index (κ2) is 6.61. The van der Waals surface area contributed by atoms with Gasteiger partial charge < -0.3 is 4.74 Å². The van der Waals surface area contributed by atoms with Gasteiger partial charge in [0, 0.05) is 6.20 Å². The first-order valence-corrected chi connectivity index (χ1v) is 6.26. The van der Waals surface area contributed by atoms with Crippen LogP contribution in [0, 0.1) is 5.82 Å². The Morgan fingerprint density at radius 1 is 1.30 bits per heavy atom. The SMILES string of the molecule is CCOC(=O)c1cccnc1/C=C/c1cccc(F)c1. The van der Waals surface area contributed by atoms with Crippen LogP contribution in [-0.4, -0.2) is 17.6 Å². The molecular weight excluding hydrogens is 257 g/mol. The van der Waals surface area contributed by atoms with Crippen LogP contribution in [0.15, 0.2) is 42.6 Å². The third kappa shape index (κ3) is 3.51. The summed E-state index contributed by atoms with van der Waals surface area (Å²) in [5.41, 5.74) is 1.59. The number of rotatable bonds is 4. The Hall–Kier alpha value is -2.49. The molecule has 1 heterocycles. The van der Waals surface area contributed by atoms with Crippen molar-refractivity contribution in [2.75, 3.05) is 6.61 Å². The highest BCUT2D eigenvalue weighted by Crippen LogP contribution is 2.13. The van der Waals surface area contributed by atoms with Crippen LogP contribution in [0.4, 0.5) is 4.39 Å². The highest BCUT2D eigenvalue weighted by Gasteiger charge is 2.10. The zero-order chi connectivity index (χ0) is 14.4. The fourth-order valence-electron chi connectivity index (χ4n) is 1.72. The van der Waals surface area contributed by atoms with Crippen molar-refractivity contribution in [3.63, 3.8) is 0 Å². The largest absolute Gasteiger partial charge is 0.462 e. The zero-order valence-electron chi connectivity index (χ0n) is 11.0. The average molecular weight is 271 g/mol. The van der Waals surface area contributed by atoms with Crippen molar-refractivity contribution in [1.29, 1.82) is 0 Å². The highest BCUT2D eigenvalue weighted by molar-refractivity contribution is 5.93. The van der Waals surface area contributed by atoms with E-state index in [-0.39, 0.29) is 5.82 Å². The summed E-state index contributed by atoms with van der Waals surface area (Å²) in [6.07, 6.45) is 4.96. The Morgan fingerprint density at radius 2 is 2.15 bits per heavy atom. The van der Waals surface area contributed by atoms with Crippen molar-refractivity contribution >= 4 is 18.1 Å². The molecule has 2 rings (SSSR count). The van der Waals surface area contributed by atoms with Gasteiger partial charge in [-0.15, -0.1) is 0 Å². The van der Waals surface area contributed by atoms with E-state index in [1.165, 1.54) is 12.1 Å². The van der Waals surface area contributed by atoms with Crippen molar-refractivity contribution < 1.29 is 13.9 Å². The number of pyridine rings is 1. The first-order valence-electron chi connectivity index (χ1n) is 6.26. The molecule has 3 nitrogen and oxygen atoms in total. The number of benzene rings is 1. The molecule has 0 bridgehead atoms. The van der Waals surface area contributed by atoms with Crippen molar-refractivity contribution in [2.24, 2.45) is 0 Å². The minimum atomic E-state index is -0.417. The second-order valence-corrected chi connectivity index (χ2v) is 4.05. The van der Waals surface area contributed by atoms with Crippen LogP contribution < -0.4 is 0 Å². The van der Waals surface area contributed by atoms with Crippen molar-refractivity contribution in [3.8, 4) is 0 Å². The third-order valence-corrected chi connectivity index (χ3v) is 2.62. The summed E-state index contributed by atoms with van der Waals surface area (Å²) in [5.74, 6) is -0.724. The zero-order valence-corrected chi connectivity index (χ0v) is 11.0. The molecule has 0 aliphatic heterocycles. The lowest BCUT2D eigenvalue weighted by atomic mass is 10.1. The topological polar surface area (TPSA) is 39.2 Å². The molecule has 0 N–H and O–H groups in total. The maximum atomic E-state index is 13.1. The van der Waals surface area contributed by atoms with Gasteiger partial charge in [0.1, 0.15) is 5.82 Å². The van der Waals surface area contributed by atoms with E-state index in [1.54, 1.807) is 49.5 Å². The smallest absolute Gasteiger partial charge is 0.340 e. The molecule has 102 valence electrons. The minimum Gasteiger partial charge on any atom is -0.462 e. The minimum absolute atomic E-state index is 0.306. The van der Waals surface area contributed by atoms with Gasteiger partial charge in [-0.1, -0.05) is 18.2 Å². The van der Waals surface area contributed by atoms with Crippen LogP contribution in [0.5, 0.6) is 0 Å². The molecule has 0 unspecified atom stereocenters. The van der Waals surface area contributed by atoms with Crippen molar-refractivity contribution in [2.45, 2.75) is 6.92 Å². The van der Waals surface area contributed by atoms with Gasteiger partial charge in [0.25, 0.3) is 0 Å². The number of hydrogen-bond acceptors (Lipinski definition) is 3. The number of aromatic nitrogens is 1. The van der Waals surface area contributed by atoms with Gasteiger partial charge in [0.15, 0.2) is 0 Å². The lowest BCUT2D eigenvalue weighted by molar-refractivity contribution is 0.0525. The van der Waals surface area contributed by atoms with Crippen molar-refractivity contribution in [3.05, 3.63) is 65.2 Å². The molecule has 0 atom stereocenters. The lowest BCUT2D eigenvalue weighted by Gasteiger charge is -2.04. The van der Waals surface area contributed by atoms with Crippen LogP contribution in [0.3, 0.4) is 0 Å². The quantitative estimate of drug-likeness (QED) is 0.798. The Balaban J connectivity index is 2.27. The van der Waals surface area contributed by atoms with E-state index in [1.807, 2.05) is 0 Å². The van der Waals surface area contributed by atoms with E-state index in [9.17, 15) is 9.18 Å². The summed E-state index contributed by atoms with van der Waals surface area (Å²) in [6, 6.07) is 9.50. The predicted molar refractivity (Wildman–Crippen MR) is 75.5 cm³/mol. The van der Waals surface area contributed by atoms with Gasteiger partial charge in [-0.3, -0.25) is 4.98 Å². The number of carbonyl (C=O) groups excluding carboxylic acids is 1. The number of esters is 1. The van der Waals surface area contributed by atoms with E-state index in [0.717, 1.165) is 0 Å². The van der Waals surface area contributed by atoms with Crippen LogP contribution in [0.1, 0.15) is 28.5 Å². The standard InChI is InChI=1S/C16H14FNO2/c1-2-20-16(19)14-7-4-10-18-15(14)9-8-12-5-3-6-13(17)11-12/h3-11H,2H2,1H3/b9-8+. The lowest BCUT2D eigenvalue weighted by Crippen LogP contribution is -2.07. The highest BCUT2D eigenvalue weighted by atomic mass is 19.1. The Morgan fingerprint density at radius 3 is 2.90 bits per heavy atom. The van der Waals surface area contributed by atoms with E-state index in [2.05, 4.69) is 4.98 Å². The number of hydrogen-bond donors (Lipinski definition) is 0. The first-order chi connectivity index (χ1) is 9.70. The van der Waals surface area contributed by atoms with E-state index in [0.29, 0.717) is 23.4 Å². The average Bonchev–Trinajstić information content (AvgIpc) is 2.46.